The van der Waals surface area contributed by atoms with Crippen LogP contribution in [-0.4, -0.2) is 28.5 Å². The van der Waals surface area contributed by atoms with E-state index in [1.54, 1.807) is 0 Å². The van der Waals surface area contributed by atoms with E-state index in [-0.39, 0.29) is 12.1 Å². The van der Waals surface area contributed by atoms with Crippen molar-refractivity contribution >= 4 is 0 Å². The third-order valence-corrected chi connectivity index (χ3v) is 3.09. The SMILES string of the molecule is CCn1cc(CC(NN)C2CCCO2)cn1. The van der Waals surface area contributed by atoms with E-state index >= 15 is 0 Å². The molecule has 0 radical (unpaired) electrons. The minimum Gasteiger partial charge on any atom is -0.377 e. The summed E-state index contributed by atoms with van der Waals surface area (Å²) in [4.78, 5) is 0. The van der Waals surface area contributed by atoms with Crippen LogP contribution in [0.15, 0.2) is 12.4 Å². The lowest BCUT2D eigenvalue weighted by Crippen LogP contribution is -2.45. The van der Waals surface area contributed by atoms with Crippen LogP contribution in [0.5, 0.6) is 0 Å². The highest BCUT2D eigenvalue weighted by molar-refractivity contribution is 5.07. The second kappa shape index (κ2) is 5.43. The normalized spacial score (nSPS) is 22.5. The van der Waals surface area contributed by atoms with E-state index in [0.717, 1.165) is 32.4 Å². The smallest absolute Gasteiger partial charge is 0.0745 e. The van der Waals surface area contributed by atoms with E-state index in [4.69, 9.17) is 10.6 Å². The average molecular weight is 224 g/mol. The molecule has 0 saturated carbocycles. The lowest BCUT2D eigenvalue weighted by molar-refractivity contribution is 0.0784. The molecule has 1 aromatic heterocycles. The van der Waals surface area contributed by atoms with Crippen molar-refractivity contribution in [2.45, 2.75) is 44.9 Å². The first kappa shape index (κ1) is 11.6. The van der Waals surface area contributed by atoms with Gasteiger partial charge in [0.2, 0.25) is 0 Å². The molecule has 1 aromatic rings. The van der Waals surface area contributed by atoms with Crippen molar-refractivity contribution in [1.82, 2.24) is 15.2 Å². The number of hydrogen-bond donors (Lipinski definition) is 2. The largest absolute Gasteiger partial charge is 0.377 e. The molecule has 0 spiro atoms. The Morgan fingerprint density at radius 1 is 1.75 bits per heavy atom. The topological polar surface area (TPSA) is 65.1 Å². The fraction of sp³-hybridized carbons (Fsp3) is 0.727. The maximum absolute atomic E-state index is 5.64. The predicted octanol–water partition coefficient (Wildman–Crippen LogP) is 0.456. The van der Waals surface area contributed by atoms with Crippen molar-refractivity contribution in [3.8, 4) is 0 Å². The minimum atomic E-state index is 0.192. The Morgan fingerprint density at radius 2 is 2.62 bits per heavy atom. The molecule has 2 rings (SSSR count). The van der Waals surface area contributed by atoms with E-state index in [0.29, 0.717) is 0 Å². The van der Waals surface area contributed by atoms with E-state index in [2.05, 4.69) is 23.6 Å². The molecule has 5 heteroatoms. The van der Waals surface area contributed by atoms with E-state index < -0.39 is 0 Å². The molecule has 1 saturated heterocycles. The van der Waals surface area contributed by atoms with Gasteiger partial charge in [0.25, 0.3) is 0 Å². The van der Waals surface area contributed by atoms with Gasteiger partial charge in [-0.15, -0.1) is 0 Å². The molecule has 2 heterocycles. The Morgan fingerprint density at radius 3 is 3.19 bits per heavy atom. The molecule has 3 N–H and O–H groups in total. The van der Waals surface area contributed by atoms with Gasteiger partial charge in [-0.25, -0.2) is 0 Å². The molecule has 1 aliphatic heterocycles. The molecule has 0 amide bonds. The Kier molecular flexibility index (Phi) is 3.93. The summed E-state index contributed by atoms with van der Waals surface area (Å²) in [5, 5.41) is 4.26. The van der Waals surface area contributed by atoms with Crippen LogP contribution in [-0.2, 0) is 17.7 Å². The summed E-state index contributed by atoms with van der Waals surface area (Å²) in [5.74, 6) is 5.58. The van der Waals surface area contributed by atoms with Gasteiger partial charge >= 0.3 is 0 Å². The summed E-state index contributed by atoms with van der Waals surface area (Å²) >= 11 is 0. The Labute approximate surface area is 95.9 Å². The van der Waals surface area contributed by atoms with Gasteiger partial charge in [-0.3, -0.25) is 16.0 Å². The standard InChI is InChI=1S/C11H20N4O/c1-2-15-8-9(7-13-15)6-10(14-12)11-4-3-5-16-11/h7-8,10-11,14H,2-6,12H2,1H3. The highest BCUT2D eigenvalue weighted by Crippen LogP contribution is 2.18. The Balaban J connectivity index is 1.94. The molecule has 2 atom stereocenters. The van der Waals surface area contributed by atoms with Crippen molar-refractivity contribution in [2.24, 2.45) is 5.84 Å². The molecular weight excluding hydrogens is 204 g/mol. The van der Waals surface area contributed by atoms with Crippen molar-refractivity contribution in [2.75, 3.05) is 6.61 Å². The average Bonchev–Trinajstić information content (AvgIpc) is 2.96. The number of ether oxygens (including phenoxy) is 1. The van der Waals surface area contributed by atoms with Gasteiger partial charge in [0, 0.05) is 19.3 Å². The van der Waals surface area contributed by atoms with Crippen LogP contribution in [0.3, 0.4) is 0 Å². The van der Waals surface area contributed by atoms with Gasteiger partial charge in [-0.1, -0.05) is 0 Å². The van der Waals surface area contributed by atoms with Gasteiger partial charge in [0.1, 0.15) is 0 Å². The molecule has 90 valence electrons. The van der Waals surface area contributed by atoms with Crippen LogP contribution < -0.4 is 11.3 Å². The van der Waals surface area contributed by atoms with Crippen molar-refractivity contribution < 1.29 is 4.74 Å². The summed E-state index contributed by atoms with van der Waals surface area (Å²) in [6.45, 7) is 3.84. The summed E-state index contributed by atoms with van der Waals surface area (Å²) in [6, 6.07) is 0.192. The van der Waals surface area contributed by atoms with Gasteiger partial charge in [-0.2, -0.15) is 5.10 Å². The highest BCUT2D eigenvalue weighted by atomic mass is 16.5. The zero-order valence-corrected chi connectivity index (χ0v) is 9.72. The van der Waals surface area contributed by atoms with Crippen LogP contribution in [0.1, 0.15) is 25.3 Å². The second-order valence-electron chi connectivity index (χ2n) is 4.23. The summed E-state index contributed by atoms with van der Waals surface area (Å²) < 4.78 is 7.57. The van der Waals surface area contributed by atoms with Crippen LogP contribution in [0, 0.1) is 0 Å². The Hall–Kier alpha value is -0.910. The number of hydrogen-bond acceptors (Lipinski definition) is 4. The molecule has 5 nitrogen and oxygen atoms in total. The van der Waals surface area contributed by atoms with Gasteiger partial charge in [0.15, 0.2) is 0 Å². The van der Waals surface area contributed by atoms with Crippen molar-refractivity contribution in [3.63, 3.8) is 0 Å². The summed E-state index contributed by atoms with van der Waals surface area (Å²) in [7, 11) is 0. The van der Waals surface area contributed by atoms with E-state index in [1.165, 1.54) is 5.56 Å². The number of aryl methyl sites for hydroxylation is 1. The number of hydrazine groups is 1. The quantitative estimate of drug-likeness (QED) is 0.563. The van der Waals surface area contributed by atoms with Gasteiger partial charge in [-0.05, 0) is 31.7 Å². The van der Waals surface area contributed by atoms with Crippen LogP contribution in [0.25, 0.3) is 0 Å². The third-order valence-electron chi connectivity index (χ3n) is 3.09. The Bertz CT molecular complexity index is 320. The highest BCUT2D eigenvalue weighted by Gasteiger charge is 2.25. The number of nitrogens with two attached hydrogens (primary N) is 1. The summed E-state index contributed by atoms with van der Waals surface area (Å²) in [6.07, 6.45) is 7.33. The maximum Gasteiger partial charge on any atom is 0.0745 e. The van der Waals surface area contributed by atoms with Gasteiger partial charge < -0.3 is 4.74 Å². The van der Waals surface area contributed by atoms with Crippen LogP contribution >= 0.6 is 0 Å². The number of nitrogens with one attached hydrogen (secondary N) is 1. The van der Waals surface area contributed by atoms with Crippen molar-refractivity contribution in [1.29, 1.82) is 0 Å². The number of nitrogens with zero attached hydrogens (tertiary/aromatic N) is 2. The molecule has 2 unspecified atom stereocenters. The van der Waals surface area contributed by atoms with Crippen LogP contribution in [0.4, 0.5) is 0 Å². The zero-order valence-electron chi connectivity index (χ0n) is 9.72. The molecule has 0 aromatic carbocycles. The number of aromatic nitrogens is 2. The first-order valence-electron chi connectivity index (χ1n) is 5.92. The van der Waals surface area contributed by atoms with Crippen LogP contribution in [0.2, 0.25) is 0 Å². The summed E-state index contributed by atoms with van der Waals surface area (Å²) in [5.41, 5.74) is 4.07. The first-order valence-corrected chi connectivity index (χ1v) is 5.92. The second-order valence-corrected chi connectivity index (χ2v) is 4.23. The first-order chi connectivity index (χ1) is 7.83. The monoisotopic (exact) mass is 224 g/mol. The molecule has 16 heavy (non-hydrogen) atoms. The minimum absolute atomic E-state index is 0.192. The predicted molar refractivity (Wildman–Crippen MR) is 61.7 cm³/mol. The third kappa shape index (κ3) is 2.61. The zero-order chi connectivity index (χ0) is 11.4. The van der Waals surface area contributed by atoms with E-state index in [1.807, 2.05) is 10.9 Å². The maximum atomic E-state index is 5.64. The van der Waals surface area contributed by atoms with E-state index in [9.17, 15) is 0 Å². The van der Waals surface area contributed by atoms with Gasteiger partial charge in [0.05, 0.1) is 18.3 Å². The van der Waals surface area contributed by atoms with Crippen molar-refractivity contribution in [3.05, 3.63) is 18.0 Å². The molecule has 1 aliphatic rings. The fourth-order valence-electron chi connectivity index (χ4n) is 2.16. The molecule has 0 aliphatic carbocycles. The molecule has 1 fully saturated rings. The lowest BCUT2D eigenvalue weighted by Gasteiger charge is -2.21. The number of rotatable bonds is 5. The molecule has 0 bridgehead atoms. The molecular formula is C11H20N4O. The lowest BCUT2D eigenvalue weighted by atomic mass is 10.0. The fourth-order valence-corrected chi connectivity index (χ4v) is 2.16.